The molecule has 1 aromatic rings. The van der Waals surface area contributed by atoms with Crippen LogP contribution in [0.15, 0.2) is 6.07 Å². The van der Waals surface area contributed by atoms with Crippen molar-refractivity contribution in [2.75, 3.05) is 31.7 Å². The smallest absolute Gasteiger partial charge is 0.135 e. The maximum Gasteiger partial charge on any atom is 0.135 e. The van der Waals surface area contributed by atoms with Crippen molar-refractivity contribution >= 4 is 17.4 Å². The number of hydrogen-bond acceptors (Lipinski definition) is 4. The molecule has 2 rings (SSSR count). The summed E-state index contributed by atoms with van der Waals surface area (Å²) in [6.45, 7) is 6.90. The van der Waals surface area contributed by atoms with Crippen molar-refractivity contribution in [3.8, 4) is 0 Å². The van der Waals surface area contributed by atoms with E-state index < -0.39 is 0 Å². The maximum absolute atomic E-state index is 6.08. The van der Waals surface area contributed by atoms with Crippen LogP contribution in [0.5, 0.6) is 0 Å². The van der Waals surface area contributed by atoms with Crippen molar-refractivity contribution in [1.29, 1.82) is 0 Å². The minimum absolute atomic E-state index is 0.286. The highest BCUT2D eigenvalue weighted by molar-refractivity contribution is 6.29. The molecule has 4 nitrogen and oxygen atoms in total. The normalized spacial score (nSPS) is 16.9. The van der Waals surface area contributed by atoms with Crippen LogP contribution in [0.2, 0.25) is 5.15 Å². The van der Waals surface area contributed by atoms with Crippen molar-refractivity contribution in [1.82, 2.24) is 9.97 Å². The van der Waals surface area contributed by atoms with Gasteiger partial charge in [0.05, 0.1) is 0 Å². The van der Waals surface area contributed by atoms with Crippen LogP contribution in [0.25, 0.3) is 0 Å². The predicted octanol–water partition coefficient (Wildman–Crippen LogP) is 3.12. The van der Waals surface area contributed by atoms with Gasteiger partial charge in [0.1, 0.15) is 16.8 Å². The van der Waals surface area contributed by atoms with Gasteiger partial charge < -0.3 is 9.64 Å². The topological polar surface area (TPSA) is 38.2 Å². The fourth-order valence-corrected chi connectivity index (χ4v) is 2.47. The van der Waals surface area contributed by atoms with E-state index in [1.807, 2.05) is 6.07 Å². The Hall–Kier alpha value is -0.870. The number of halogens is 1. The molecule has 1 aromatic heterocycles. The average molecular weight is 284 g/mol. The second kappa shape index (κ2) is 6.53. The number of aromatic nitrogens is 2. The van der Waals surface area contributed by atoms with E-state index in [9.17, 15) is 0 Å². The molecule has 1 aliphatic heterocycles. The molecule has 106 valence electrons. The van der Waals surface area contributed by atoms with Crippen LogP contribution in [-0.2, 0) is 4.74 Å². The Morgan fingerprint density at radius 3 is 2.68 bits per heavy atom. The molecule has 0 saturated carbocycles. The predicted molar refractivity (Wildman–Crippen MR) is 77.9 cm³/mol. The van der Waals surface area contributed by atoms with E-state index in [2.05, 4.69) is 35.8 Å². The quantitative estimate of drug-likeness (QED) is 0.796. The molecule has 1 saturated heterocycles. The summed E-state index contributed by atoms with van der Waals surface area (Å²) in [6.07, 6.45) is 2.25. The van der Waals surface area contributed by atoms with Crippen LogP contribution in [0.1, 0.15) is 38.4 Å². The van der Waals surface area contributed by atoms with Crippen LogP contribution in [0, 0.1) is 5.92 Å². The van der Waals surface area contributed by atoms with Crippen LogP contribution < -0.4 is 4.90 Å². The summed E-state index contributed by atoms with van der Waals surface area (Å²) in [4.78, 5) is 11.0. The van der Waals surface area contributed by atoms with Gasteiger partial charge in [0.25, 0.3) is 0 Å². The summed E-state index contributed by atoms with van der Waals surface area (Å²) >= 11 is 6.08. The first-order chi connectivity index (χ1) is 9.06. The molecule has 0 atom stereocenters. The summed E-state index contributed by atoms with van der Waals surface area (Å²) in [5.74, 6) is 2.68. The second-order valence-corrected chi connectivity index (χ2v) is 5.89. The molecule has 0 aromatic carbocycles. The van der Waals surface area contributed by atoms with E-state index in [-0.39, 0.29) is 5.92 Å². The van der Waals surface area contributed by atoms with Gasteiger partial charge in [0.2, 0.25) is 0 Å². The zero-order valence-corrected chi connectivity index (χ0v) is 12.7. The van der Waals surface area contributed by atoms with Gasteiger partial charge in [-0.05, 0) is 18.8 Å². The van der Waals surface area contributed by atoms with Crippen LogP contribution in [0.4, 0.5) is 5.82 Å². The lowest BCUT2D eigenvalue weighted by atomic mass is 10.00. The third-order valence-electron chi connectivity index (χ3n) is 3.48. The molecule has 0 N–H and O–H groups in total. The first-order valence-electron chi connectivity index (χ1n) is 6.89. The Morgan fingerprint density at radius 1 is 1.37 bits per heavy atom. The number of anilines is 1. The fourth-order valence-electron chi connectivity index (χ4n) is 2.29. The lowest BCUT2D eigenvalue weighted by Crippen LogP contribution is -2.30. The number of ether oxygens (including phenoxy) is 1. The highest BCUT2D eigenvalue weighted by atomic mass is 35.5. The molecule has 0 amide bonds. The molecule has 0 radical (unpaired) electrons. The monoisotopic (exact) mass is 283 g/mol. The lowest BCUT2D eigenvalue weighted by Gasteiger charge is -2.28. The first-order valence-corrected chi connectivity index (χ1v) is 7.27. The van der Waals surface area contributed by atoms with E-state index in [4.69, 9.17) is 16.3 Å². The Kier molecular flexibility index (Phi) is 4.99. The number of hydrogen-bond donors (Lipinski definition) is 0. The van der Waals surface area contributed by atoms with Crippen molar-refractivity contribution < 1.29 is 4.74 Å². The zero-order chi connectivity index (χ0) is 13.8. The Labute approximate surface area is 120 Å². The van der Waals surface area contributed by atoms with Gasteiger partial charge in [-0.1, -0.05) is 25.4 Å². The summed E-state index contributed by atoms with van der Waals surface area (Å²) < 4.78 is 5.39. The molecular formula is C14H22ClN3O. The summed E-state index contributed by atoms with van der Waals surface area (Å²) in [6, 6.07) is 1.84. The third kappa shape index (κ3) is 4.05. The minimum atomic E-state index is 0.286. The standard InChI is InChI=1S/C14H22ClN3O/c1-10(2)14-16-12(15)8-13(17-14)18(3)9-11-4-6-19-7-5-11/h8,10-11H,4-7,9H2,1-3H3. The van der Waals surface area contributed by atoms with Crippen LogP contribution in [0.3, 0.4) is 0 Å². The maximum atomic E-state index is 6.08. The molecule has 0 unspecified atom stereocenters. The number of rotatable bonds is 4. The number of nitrogens with zero attached hydrogens (tertiary/aromatic N) is 3. The highest BCUT2D eigenvalue weighted by Gasteiger charge is 2.17. The molecule has 0 aliphatic carbocycles. The van der Waals surface area contributed by atoms with Gasteiger partial charge in [-0.3, -0.25) is 0 Å². The summed E-state index contributed by atoms with van der Waals surface area (Å²) in [5.41, 5.74) is 0. The molecule has 0 bridgehead atoms. The van der Waals surface area contributed by atoms with Gasteiger partial charge in [-0.2, -0.15) is 0 Å². The molecule has 1 fully saturated rings. The Bertz CT molecular complexity index is 419. The van der Waals surface area contributed by atoms with Crippen LogP contribution in [-0.4, -0.2) is 36.8 Å². The minimum Gasteiger partial charge on any atom is -0.381 e. The van der Waals surface area contributed by atoms with Gasteiger partial charge >= 0.3 is 0 Å². The zero-order valence-electron chi connectivity index (χ0n) is 11.9. The largest absolute Gasteiger partial charge is 0.381 e. The SMILES string of the molecule is CC(C)c1nc(Cl)cc(N(C)CC2CCOCC2)n1. The third-order valence-corrected chi connectivity index (χ3v) is 3.67. The fraction of sp³-hybridized carbons (Fsp3) is 0.714. The molecule has 2 heterocycles. The van der Waals surface area contributed by atoms with Gasteiger partial charge in [0.15, 0.2) is 0 Å². The first kappa shape index (κ1) is 14.5. The molecule has 5 heteroatoms. The van der Waals surface area contributed by atoms with E-state index in [0.29, 0.717) is 11.1 Å². The average Bonchev–Trinajstić information content (AvgIpc) is 2.39. The van der Waals surface area contributed by atoms with Crippen molar-refractivity contribution in [2.24, 2.45) is 5.92 Å². The molecule has 0 spiro atoms. The molecule has 1 aliphatic rings. The Morgan fingerprint density at radius 2 is 2.05 bits per heavy atom. The van der Waals surface area contributed by atoms with Gasteiger partial charge in [-0.15, -0.1) is 0 Å². The van der Waals surface area contributed by atoms with Crippen LogP contribution >= 0.6 is 11.6 Å². The van der Waals surface area contributed by atoms with Crippen molar-refractivity contribution in [2.45, 2.75) is 32.6 Å². The summed E-state index contributed by atoms with van der Waals surface area (Å²) in [7, 11) is 2.07. The molecule has 19 heavy (non-hydrogen) atoms. The van der Waals surface area contributed by atoms with Gasteiger partial charge in [0, 0.05) is 38.8 Å². The highest BCUT2D eigenvalue weighted by Crippen LogP contribution is 2.22. The van der Waals surface area contributed by atoms with E-state index in [1.54, 1.807) is 0 Å². The second-order valence-electron chi connectivity index (χ2n) is 5.50. The van der Waals surface area contributed by atoms with E-state index in [0.717, 1.165) is 44.2 Å². The molecular weight excluding hydrogens is 262 g/mol. The van der Waals surface area contributed by atoms with Crippen molar-refractivity contribution in [3.63, 3.8) is 0 Å². The van der Waals surface area contributed by atoms with Crippen molar-refractivity contribution in [3.05, 3.63) is 17.0 Å². The van der Waals surface area contributed by atoms with Gasteiger partial charge in [-0.25, -0.2) is 9.97 Å². The summed E-state index contributed by atoms with van der Waals surface area (Å²) in [5, 5.41) is 0.521. The Balaban J connectivity index is 2.07. The lowest BCUT2D eigenvalue weighted by molar-refractivity contribution is 0.0685. The van der Waals surface area contributed by atoms with E-state index >= 15 is 0 Å². The van der Waals surface area contributed by atoms with E-state index in [1.165, 1.54) is 0 Å².